The van der Waals surface area contributed by atoms with E-state index in [9.17, 15) is 4.79 Å². The summed E-state index contributed by atoms with van der Waals surface area (Å²) in [5.41, 5.74) is 2.89. The molecule has 0 unspecified atom stereocenters. The van der Waals surface area contributed by atoms with Crippen molar-refractivity contribution in [3.63, 3.8) is 0 Å². The third-order valence-electron chi connectivity index (χ3n) is 5.82. The molecule has 8 heteroatoms. The van der Waals surface area contributed by atoms with Gasteiger partial charge in [-0.1, -0.05) is 6.92 Å². The number of nitrogens with zero attached hydrogens (tertiary/aromatic N) is 3. The van der Waals surface area contributed by atoms with Gasteiger partial charge in [-0.15, -0.1) is 0 Å². The van der Waals surface area contributed by atoms with Crippen LogP contribution in [0.25, 0.3) is 0 Å². The van der Waals surface area contributed by atoms with Crippen molar-refractivity contribution in [3.05, 3.63) is 41.3 Å². The Hall–Kier alpha value is -2.87. The molecule has 1 saturated heterocycles. The molecule has 0 bridgehead atoms. The number of likely N-dealkylation sites (tertiary alicyclic amines) is 1. The monoisotopic (exact) mass is 440 g/mol. The summed E-state index contributed by atoms with van der Waals surface area (Å²) in [6, 6.07) is 7.34. The molecule has 1 N–H and O–H groups in total. The molecule has 2 aliphatic rings. The highest BCUT2D eigenvalue weighted by molar-refractivity contribution is 5.89. The molecule has 0 saturated carbocycles. The zero-order chi connectivity index (χ0) is 22.3. The topological polar surface area (TPSA) is 85.8 Å². The van der Waals surface area contributed by atoms with Crippen LogP contribution in [0.5, 0.6) is 11.6 Å². The van der Waals surface area contributed by atoms with Crippen molar-refractivity contribution in [1.29, 1.82) is 0 Å². The molecule has 0 atom stereocenters. The largest absolute Gasteiger partial charge is 0.494 e. The van der Waals surface area contributed by atoms with E-state index in [0.717, 1.165) is 60.6 Å². The van der Waals surface area contributed by atoms with Crippen molar-refractivity contribution < 1.29 is 19.0 Å². The third kappa shape index (κ3) is 5.48. The number of hydrogen-bond acceptors (Lipinski definition) is 6. The van der Waals surface area contributed by atoms with Gasteiger partial charge in [-0.3, -0.25) is 0 Å². The van der Waals surface area contributed by atoms with Crippen LogP contribution in [0.15, 0.2) is 24.3 Å². The fraction of sp³-hybridized carbons (Fsp3) is 0.542. The normalized spacial score (nSPS) is 16.8. The van der Waals surface area contributed by atoms with Gasteiger partial charge in [0.25, 0.3) is 0 Å². The lowest BCUT2D eigenvalue weighted by atomic mass is 10.1. The first-order valence-corrected chi connectivity index (χ1v) is 11.6. The Morgan fingerprint density at radius 1 is 1.12 bits per heavy atom. The summed E-state index contributed by atoms with van der Waals surface area (Å²) in [6.07, 6.45) is 3.93. The molecule has 2 aliphatic heterocycles. The Balaban J connectivity index is 1.33. The summed E-state index contributed by atoms with van der Waals surface area (Å²) >= 11 is 0. The zero-order valence-electron chi connectivity index (χ0n) is 18.9. The lowest BCUT2D eigenvalue weighted by Crippen LogP contribution is -2.43. The summed E-state index contributed by atoms with van der Waals surface area (Å²) in [6.45, 7) is 7.27. The van der Waals surface area contributed by atoms with Crippen LogP contribution < -0.4 is 14.8 Å². The number of aryl methyl sites for hydroxylation is 1. The molecule has 0 spiro atoms. The Bertz CT molecular complexity index is 911. The van der Waals surface area contributed by atoms with Gasteiger partial charge in [0.05, 0.1) is 25.5 Å². The third-order valence-corrected chi connectivity index (χ3v) is 5.82. The smallest absolute Gasteiger partial charge is 0.321 e. The highest BCUT2D eigenvalue weighted by Crippen LogP contribution is 2.26. The maximum Gasteiger partial charge on any atom is 0.321 e. The summed E-state index contributed by atoms with van der Waals surface area (Å²) in [5, 5.41) is 2.96. The van der Waals surface area contributed by atoms with E-state index in [4.69, 9.17) is 19.2 Å². The number of hydrogen-bond donors (Lipinski definition) is 1. The van der Waals surface area contributed by atoms with Crippen LogP contribution >= 0.6 is 0 Å². The minimum Gasteiger partial charge on any atom is -0.494 e. The van der Waals surface area contributed by atoms with E-state index in [0.29, 0.717) is 38.8 Å². The lowest BCUT2D eigenvalue weighted by Gasteiger charge is -2.32. The molecule has 0 aliphatic carbocycles. The number of urea groups is 1. The molecule has 1 aromatic heterocycles. The summed E-state index contributed by atoms with van der Waals surface area (Å²) in [7, 11) is 0. The Labute approximate surface area is 189 Å². The van der Waals surface area contributed by atoms with Crippen LogP contribution in [0.3, 0.4) is 0 Å². The Morgan fingerprint density at radius 3 is 2.59 bits per heavy atom. The standard InChI is InChI=1S/C24H32N4O4/c1-3-22-26-21-12-16-30-15-11-20(21)23(27-22)32-19-9-13-28(14-10-19)24(29)25-17-5-7-18(8-6-17)31-4-2/h5-8,19H,3-4,9-16H2,1-2H3,(H,25,29). The van der Waals surface area contributed by atoms with E-state index < -0.39 is 0 Å². The van der Waals surface area contributed by atoms with E-state index in [-0.39, 0.29) is 12.1 Å². The maximum atomic E-state index is 12.7. The van der Waals surface area contributed by atoms with E-state index in [1.807, 2.05) is 36.1 Å². The fourth-order valence-electron chi connectivity index (χ4n) is 4.05. The Kier molecular flexibility index (Phi) is 7.42. The minimum atomic E-state index is -0.0890. The molecule has 4 rings (SSSR count). The summed E-state index contributed by atoms with van der Waals surface area (Å²) in [5.74, 6) is 2.31. The molecule has 0 radical (unpaired) electrons. The highest BCUT2D eigenvalue weighted by atomic mass is 16.5. The zero-order valence-corrected chi connectivity index (χ0v) is 18.9. The van der Waals surface area contributed by atoms with E-state index in [1.165, 1.54) is 0 Å². The van der Waals surface area contributed by atoms with Crippen LogP contribution in [0.1, 0.15) is 43.8 Å². The second-order valence-electron chi connectivity index (χ2n) is 8.03. The molecular formula is C24H32N4O4. The molecule has 2 aromatic rings. The number of rotatable bonds is 6. The van der Waals surface area contributed by atoms with Crippen LogP contribution in [0, 0.1) is 0 Å². The van der Waals surface area contributed by atoms with Gasteiger partial charge in [-0.05, 0) is 31.2 Å². The Morgan fingerprint density at radius 2 is 1.88 bits per heavy atom. The van der Waals surface area contributed by atoms with E-state index in [2.05, 4.69) is 17.2 Å². The van der Waals surface area contributed by atoms with Gasteiger partial charge in [0, 0.05) is 56.4 Å². The molecule has 3 heterocycles. The molecule has 32 heavy (non-hydrogen) atoms. The predicted octanol–water partition coefficient (Wildman–Crippen LogP) is 3.63. The van der Waals surface area contributed by atoms with Gasteiger partial charge in [-0.25, -0.2) is 9.78 Å². The number of carbonyl (C=O) groups is 1. The van der Waals surface area contributed by atoms with Crippen LogP contribution in [-0.4, -0.2) is 59.9 Å². The number of fused-ring (bicyclic) bond motifs is 1. The number of anilines is 1. The second-order valence-corrected chi connectivity index (χ2v) is 8.03. The number of amides is 2. The fourth-order valence-corrected chi connectivity index (χ4v) is 4.05. The van der Waals surface area contributed by atoms with E-state index in [1.54, 1.807) is 0 Å². The number of piperidine rings is 1. The molecule has 172 valence electrons. The molecule has 2 amide bonds. The first-order valence-electron chi connectivity index (χ1n) is 11.6. The van der Waals surface area contributed by atoms with Crippen LogP contribution in [-0.2, 0) is 24.0 Å². The summed E-state index contributed by atoms with van der Waals surface area (Å²) < 4.78 is 17.4. The number of benzene rings is 1. The number of ether oxygens (including phenoxy) is 3. The van der Waals surface area contributed by atoms with Gasteiger partial charge in [0.15, 0.2) is 0 Å². The number of nitrogens with one attached hydrogen (secondary N) is 1. The van der Waals surface area contributed by atoms with Gasteiger partial charge < -0.3 is 24.4 Å². The second kappa shape index (κ2) is 10.6. The molecule has 8 nitrogen and oxygen atoms in total. The van der Waals surface area contributed by atoms with Gasteiger partial charge in [0.2, 0.25) is 5.88 Å². The van der Waals surface area contributed by atoms with E-state index >= 15 is 0 Å². The van der Waals surface area contributed by atoms with Gasteiger partial charge in [0.1, 0.15) is 17.7 Å². The first kappa shape index (κ1) is 22.3. The van der Waals surface area contributed by atoms with Gasteiger partial charge >= 0.3 is 6.03 Å². The number of carbonyl (C=O) groups excluding carboxylic acids is 1. The lowest BCUT2D eigenvalue weighted by molar-refractivity contribution is 0.109. The number of aromatic nitrogens is 2. The van der Waals surface area contributed by atoms with Crippen LogP contribution in [0.2, 0.25) is 0 Å². The average molecular weight is 441 g/mol. The summed E-state index contributed by atoms with van der Waals surface area (Å²) in [4.78, 5) is 23.9. The quantitative estimate of drug-likeness (QED) is 0.738. The maximum absolute atomic E-state index is 12.7. The van der Waals surface area contributed by atoms with Crippen molar-refractivity contribution in [1.82, 2.24) is 14.9 Å². The van der Waals surface area contributed by atoms with Gasteiger partial charge in [-0.2, -0.15) is 4.98 Å². The van der Waals surface area contributed by atoms with Crippen LogP contribution in [0.4, 0.5) is 10.5 Å². The first-order chi connectivity index (χ1) is 15.7. The predicted molar refractivity (Wildman–Crippen MR) is 121 cm³/mol. The van der Waals surface area contributed by atoms with Crippen molar-refractivity contribution >= 4 is 11.7 Å². The molecule has 1 aromatic carbocycles. The van der Waals surface area contributed by atoms with Crippen molar-refractivity contribution in [2.75, 3.05) is 38.2 Å². The minimum absolute atomic E-state index is 0.0393. The van der Waals surface area contributed by atoms with Crippen molar-refractivity contribution in [3.8, 4) is 11.6 Å². The highest BCUT2D eigenvalue weighted by Gasteiger charge is 2.26. The SMILES string of the molecule is CCOc1ccc(NC(=O)N2CCC(Oc3nc(CC)nc4c3CCOCC4)CC2)cc1. The average Bonchev–Trinajstić information content (AvgIpc) is 3.06. The van der Waals surface area contributed by atoms with Crippen molar-refractivity contribution in [2.45, 2.75) is 52.1 Å². The molecule has 1 fully saturated rings. The molecular weight excluding hydrogens is 408 g/mol. The van der Waals surface area contributed by atoms with Crippen molar-refractivity contribution in [2.24, 2.45) is 0 Å².